The summed E-state index contributed by atoms with van der Waals surface area (Å²) >= 11 is 0. The van der Waals surface area contributed by atoms with Gasteiger partial charge in [0.25, 0.3) is 0 Å². The van der Waals surface area contributed by atoms with Crippen molar-refractivity contribution in [3.8, 4) is 17.1 Å². The van der Waals surface area contributed by atoms with Gasteiger partial charge in [-0.15, -0.1) is 0 Å². The van der Waals surface area contributed by atoms with Crippen LogP contribution in [0.2, 0.25) is 0 Å². The summed E-state index contributed by atoms with van der Waals surface area (Å²) < 4.78 is 10.7. The molecule has 3 heterocycles. The SMILES string of the molecule is COc1ccc(CC(=O)N2CCC[C@H]2c2nc(N(C)C)ncc2-c2cc(C)no2)cc1. The number of carbonyl (C=O) groups is 1. The van der Waals surface area contributed by atoms with Crippen LogP contribution in [0.5, 0.6) is 5.75 Å². The Kier molecular flexibility index (Phi) is 5.88. The van der Waals surface area contributed by atoms with Gasteiger partial charge in [-0.3, -0.25) is 4.79 Å². The fraction of sp³-hybridized carbons (Fsp3) is 0.391. The van der Waals surface area contributed by atoms with Crippen molar-refractivity contribution in [1.29, 1.82) is 0 Å². The van der Waals surface area contributed by atoms with Gasteiger partial charge in [-0.25, -0.2) is 9.97 Å². The van der Waals surface area contributed by atoms with Crippen LogP contribution in [0.15, 0.2) is 41.1 Å². The minimum absolute atomic E-state index is 0.0809. The van der Waals surface area contributed by atoms with Gasteiger partial charge in [0.2, 0.25) is 11.9 Å². The molecule has 1 amide bonds. The molecule has 1 saturated heterocycles. The van der Waals surface area contributed by atoms with E-state index in [1.165, 1.54) is 0 Å². The lowest BCUT2D eigenvalue weighted by atomic mass is 10.0. The first-order valence-electron chi connectivity index (χ1n) is 10.4. The highest BCUT2D eigenvalue weighted by atomic mass is 16.5. The van der Waals surface area contributed by atoms with E-state index < -0.39 is 0 Å². The van der Waals surface area contributed by atoms with E-state index in [2.05, 4.69) is 10.1 Å². The number of ether oxygens (including phenoxy) is 1. The molecular formula is C23H27N5O3. The maximum atomic E-state index is 13.2. The van der Waals surface area contributed by atoms with Crippen LogP contribution in [0.1, 0.15) is 35.8 Å². The minimum Gasteiger partial charge on any atom is -0.497 e. The average molecular weight is 422 g/mol. The third-order valence-electron chi connectivity index (χ3n) is 5.50. The molecule has 0 unspecified atom stereocenters. The molecule has 31 heavy (non-hydrogen) atoms. The number of aromatic nitrogens is 3. The van der Waals surface area contributed by atoms with Crippen molar-refractivity contribution >= 4 is 11.9 Å². The highest BCUT2D eigenvalue weighted by Gasteiger charge is 2.34. The van der Waals surface area contributed by atoms with Gasteiger partial charge in [0.05, 0.1) is 36.5 Å². The largest absolute Gasteiger partial charge is 0.497 e. The predicted octanol–water partition coefficient (Wildman–Crippen LogP) is 3.42. The molecule has 162 valence electrons. The van der Waals surface area contributed by atoms with Crippen molar-refractivity contribution in [2.45, 2.75) is 32.2 Å². The quantitative estimate of drug-likeness (QED) is 0.603. The van der Waals surface area contributed by atoms with Gasteiger partial charge in [0.1, 0.15) is 5.75 Å². The van der Waals surface area contributed by atoms with Gasteiger partial charge >= 0.3 is 0 Å². The fourth-order valence-corrected chi connectivity index (χ4v) is 3.90. The van der Waals surface area contributed by atoms with E-state index in [-0.39, 0.29) is 11.9 Å². The summed E-state index contributed by atoms with van der Waals surface area (Å²) in [5.41, 5.74) is 3.33. The van der Waals surface area contributed by atoms with Crippen molar-refractivity contribution in [2.24, 2.45) is 0 Å². The number of hydrogen-bond donors (Lipinski definition) is 0. The van der Waals surface area contributed by atoms with E-state index >= 15 is 0 Å². The van der Waals surface area contributed by atoms with Gasteiger partial charge in [-0.1, -0.05) is 17.3 Å². The standard InChI is InChI=1S/C23H27N5O3/c1-15-12-20(31-26-15)18-14-24-23(27(2)3)25-22(18)19-6-5-11-28(19)21(29)13-16-7-9-17(30-4)10-8-16/h7-10,12,14,19H,5-6,11,13H2,1-4H3/t19-/m0/s1. The zero-order valence-electron chi connectivity index (χ0n) is 18.3. The van der Waals surface area contributed by atoms with Gasteiger partial charge in [0.15, 0.2) is 5.76 Å². The second-order valence-corrected chi connectivity index (χ2v) is 7.97. The van der Waals surface area contributed by atoms with Gasteiger partial charge in [-0.05, 0) is 37.5 Å². The smallest absolute Gasteiger partial charge is 0.227 e. The van der Waals surface area contributed by atoms with Crippen LogP contribution in [0.4, 0.5) is 5.95 Å². The molecule has 1 aromatic carbocycles. The summed E-state index contributed by atoms with van der Waals surface area (Å²) in [6.07, 6.45) is 3.87. The number of nitrogens with zero attached hydrogens (tertiary/aromatic N) is 5. The van der Waals surface area contributed by atoms with E-state index in [0.29, 0.717) is 24.7 Å². The third kappa shape index (κ3) is 4.38. The van der Waals surface area contributed by atoms with E-state index in [1.54, 1.807) is 13.3 Å². The van der Waals surface area contributed by atoms with Gasteiger partial charge in [-0.2, -0.15) is 0 Å². The van der Waals surface area contributed by atoms with Crippen LogP contribution in [-0.2, 0) is 11.2 Å². The Balaban J connectivity index is 1.65. The molecule has 1 aliphatic rings. The molecule has 1 fully saturated rings. The molecule has 0 bridgehead atoms. The Hall–Kier alpha value is -3.42. The molecule has 2 aromatic heterocycles. The Bertz CT molecular complexity index is 1060. The van der Waals surface area contributed by atoms with Crippen molar-refractivity contribution < 1.29 is 14.1 Å². The summed E-state index contributed by atoms with van der Waals surface area (Å²) in [5.74, 6) is 2.08. The van der Waals surface area contributed by atoms with Crippen LogP contribution in [0.25, 0.3) is 11.3 Å². The Morgan fingerprint density at radius 1 is 1.29 bits per heavy atom. The lowest BCUT2D eigenvalue weighted by molar-refractivity contribution is -0.131. The van der Waals surface area contributed by atoms with Crippen molar-refractivity contribution in [3.05, 3.63) is 53.5 Å². The Morgan fingerprint density at radius 2 is 2.06 bits per heavy atom. The number of amides is 1. The highest BCUT2D eigenvalue weighted by Crippen LogP contribution is 2.37. The third-order valence-corrected chi connectivity index (χ3v) is 5.50. The molecule has 1 atom stereocenters. The minimum atomic E-state index is -0.132. The van der Waals surface area contributed by atoms with E-state index in [0.717, 1.165) is 41.1 Å². The summed E-state index contributed by atoms with van der Waals surface area (Å²) in [7, 11) is 5.43. The molecule has 8 nitrogen and oxygen atoms in total. The summed E-state index contributed by atoms with van der Waals surface area (Å²) in [5, 5.41) is 4.01. The maximum Gasteiger partial charge on any atom is 0.227 e. The molecule has 0 N–H and O–H groups in total. The maximum absolute atomic E-state index is 13.2. The van der Waals surface area contributed by atoms with Gasteiger partial charge < -0.3 is 19.1 Å². The lowest BCUT2D eigenvalue weighted by Crippen LogP contribution is -2.32. The van der Waals surface area contributed by atoms with Crippen molar-refractivity contribution in [3.63, 3.8) is 0 Å². The van der Waals surface area contributed by atoms with Crippen LogP contribution in [0.3, 0.4) is 0 Å². The number of benzene rings is 1. The fourth-order valence-electron chi connectivity index (χ4n) is 3.90. The van der Waals surface area contributed by atoms with Crippen molar-refractivity contribution in [2.75, 3.05) is 32.6 Å². The molecule has 0 saturated carbocycles. The molecule has 0 radical (unpaired) electrons. The zero-order valence-corrected chi connectivity index (χ0v) is 18.3. The summed E-state index contributed by atoms with van der Waals surface area (Å²) in [6, 6.07) is 9.35. The molecule has 4 rings (SSSR count). The summed E-state index contributed by atoms with van der Waals surface area (Å²) in [4.78, 5) is 26.3. The lowest BCUT2D eigenvalue weighted by Gasteiger charge is -2.26. The number of methoxy groups -OCH3 is 1. The number of anilines is 1. The van der Waals surface area contributed by atoms with E-state index in [1.807, 2.05) is 61.2 Å². The number of aryl methyl sites for hydroxylation is 1. The Labute approximate surface area is 181 Å². The van der Waals surface area contributed by atoms with E-state index in [4.69, 9.17) is 14.2 Å². The molecule has 0 spiro atoms. The second kappa shape index (κ2) is 8.75. The molecular weight excluding hydrogens is 394 g/mol. The Morgan fingerprint density at radius 3 is 2.71 bits per heavy atom. The van der Waals surface area contributed by atoms with Crippen LogP contribution < -0.4 is 9.64 Å². The monoisotopic (exact) mass is 421 g/mol. The second-order valence-electron chi connectivity index (χ2n) is 7.97. The van der Waals surface area contributed by atoms with Crippen LogP contribution in [0, 0.1) is 6.92 Å². The number of carbonyl (C=O) groups excluding carboxylic acids is 1. The van der Waals surface area contributed by atoms with Gasteiger partial charge in [0, 0.05) is 32.9 Å². The first-order chi connectivity index (χ1) is 15.0. The predicted molar refractivity (Wildman–Crippen MR) is 117 cm³/mol. The first kappa shape index (κ1) is 20.8. The average Bonchev–Trinajstić information content (AvgIpc) is 3.43. The molecule has 8 heteroatoms. The molecule has 0 aliphatic carbocycles. The number of rotatable bonds is 6. The first-order valence-corrected chi connectivity index (χ1v) is 10.4. The topological polar surface area (TPSA) is 84.6 Å². The normalized spacial score (nSPS) is 15.9. The zero-order chi connectivity index (χ0) is 22.0. The number of likely N-dealkylation sites (tertiary alicyclic amines) is 1. The summed E-state index contributed by atoms with van der Waals surface area (Å²) in [6.45, 7) is 2.58. The molecule has 3 aromatic rings. The van der Waals surface area contributed by atoms with Crippen LogP contribution in [-0.4, -0.2) is 53.7 Å². The van der Waals surface area contributed by atoms with Crippen LogP contribution >= 0.6 is 0 Å². The number of hydrogen-bond acceptors (Lipinski definition) is 7. The molecule has 1 aliphatic heterocycles. The highest BCUT2D eigenvalue weighted by molar-refractivity contribution is 5.80. The van der Waals surface area contributed by atoms with Crippen molar-refractivity contribution in [1.82, 2.24) is 20.0 Å². The van der Waals surface area contributed by atoms with E-state index in [9.17, 15) is 4.79 Å².